The fourth-order valence-electron chi connectivity index (χ4n) is 2.92. The van der Waals surface area contributed by atoms with E-state index in [1.54, 1.807) is 0 Å². The SMILES string of the molecule is O=C(OCc1ccccc1)c1cn(C2CC2)c2cc(F)ccc2c1=O. The molecule has 0 aliphatic heterocycles. The molecule has 5 heteroatoms. The maximum atomic E-state index is 13.6. The Bertz CT molecular complexity index is 1010. The molecule has 0 radical (unpaired) electrons. The summed E-state index contributed by atoms with van der Waals surface area (Å²) < 4.78 is 20.7. The lowest BCUT2D eigenvalue weighted by Gasteiger charge is -2.12. The Labute approximate surface area is 143 Å². The standard InChI is InChI=1S/C20H16FNO3/c21-14-6-9-16-18(10-14)22(15-7-8-15)11-17(19(16)23)20(24)25-12-13-4-2-1-3-5-13/h1-6,9-11,15H,7-8,12H2. The van der Waals surface area contributed by atoms with Crippen LogP contribution in [0.15, 0.2) is 59.5 Å². The minimum absolute atomic E-state index is 0.0121. The molecule has 0 atom stereocenters. The van der Waals surface area contributed by atoms with Gasteiger partial charge in [-0.2, -0.15) is 0 Å². The number of pyridine rings is 1. The number of benzene rings is 2. The van der Waals surface area contributed by atoms with E-state index in [1.165, 1.54) is 24.4 Å². The topological polar surface area (TPSA) is 48.3 Å². The highest BCUT2D eigenvalue weighted by Gasteiger charge is 2.27. The molecule has 1 aromatic heterocycles. The van der Waals surface area contributed by atoms with Crippen molar-refractivity contribution < 1.29 is 13.9 Å². The summed E-state index contributed by atoms with van der Waals surface area (Å²) in [6.07, 6.45) is 3.41. The van der Waals surface area contributed by atoms with E-state index >= 15 is 0 Å². The lowest BCUT2D eigenvalue weighted by atomic mass is 10.1. The molecule has 2 aromatic carbocycles. The molecule has 1 saturated carbocycles. The van der Waals surface area contributed by atoms with Crippen molar-refractivity contribution in [3.8, 4) is 0 Å². The Kier molecular flexibility index (Phi) is 3.84. The molecule has 0 N–H and O–H groups in total. The molecule has 1 fully saturated rings. The highest BCUT2D eigenvalue weighted by Crippen LogP contribution is 2.37. The van der Waals surface area contributed by atoms with E-state index in [9.17, 15) is 14.0 Å². The summed E-state index contributed by atoms with van der Waals surface area (Å²) in [7, 11) is 0. The molecule has 1 aliphatic carbocycles. The van der Waals surface area contributed by atoms with Crippen LogP contribution >= 0.6 is 0 Å². The van der Waals surface area contributed by atoms with Crippen molar-refractivity contribution in [2.24, 2.45) is 0 Å². The summed E-state index contributed by atoms with van der Waals surface area (Å²) in [5.74, 6) is -1.06. The van der Waals surface area contributed by atoms with Gasteiger partial charge < -0.3 is 9.30 Å². The van der Waals surface area contributed by atoms with Crippen LogP contribution in [0.4, 0.5) is 4.39 Å². The lowest BCUT2D eigenvalue weighted by molar-refractivity contribution is 0.0470. The first kappa shape index (κ1) is 15.6. The first-order valence-electron chi connectivity index (χ1n) is 8.19. The average molecular weight is 337 g/mol. The molecule has 3 aromatic rings. The monoisotopic (exact) mass is 337 g/mol. The number of carbonyl (C=O) groups is 1. The molecule has 0 bridgehead atoms. The van der Waals surface area contributed by atoms with Crippen LogP contribution < -0.4 is 5.43 Å². The minimum atomic E-state index is -0.658. The smallest absolute Gasteiger partial charge is 0.343 e. The van der Waals surface area contributed by atoms with Crippen LogP contribution in [0, 0.1) is 5.82 Å². The molecule has 0 saturated heterocycles. The third kappa shape index (κ3) is 3.05. The Morgan fingerprint density at radius 2 is 1.92 bits per heavy atom. The van der Waals surface area contributed by atoms with Crippen molar-refractivity contribution in [1.82, 2.24) is 4.57 Å². The maximum absolute atomic E-state index is 13.6. The van der Waals surface area contributed by atoms with Gasteiger partial charge in [-0.05, 0) is 36.6 Å². The van der Waals surface area contributed by atoms with Crippen LogP contribution in [0.3, 0.4) is 0 Å². The molecular weight excluding hydrogens is 321 g/mol. The van der Waals surface area contributed by atoms with Crippen molar-refractivity contribution in [2.45, 2.75) is 25.5 Å². The fourth-order valence-corrected chi connectivity index (χ4v) is 2.92. The zero-order valence-corrected chi connectivity index (χ0v) is 13.4. The van der Waals surface area contributed by atoms with E-state index in [2.05, 4.69) is 0 Å². The Hall–Kier alpha value is -2.95. The van der Waals surface area contributed by atoms with E-state index in [0.29, 0.717) is 10.9 Å². The molecule has 0 spiro atoms. The summed E-state index contributed by atoms with van der Waals surface area (Å²) in [5.41, 5.74) is 0.931. The summed E-state index contributed by atoms with van der Waals surface area (Å²) in [6.45, 7) is 0.101. The average Bonchev–Trinajstić information content (AvgIpc) is 3.46. The number of esters is 1. The van der Waals surface area contributed by atoms with Gasteiger partial charge in [-0.3, -0.25) is 4.79 Å². The highest BCUT2D eigenvalue weighted by molar-refractivity contribution is 5.93. The number of nitrogens with zero attached hydrogens (tertiary/aromatic N) is 1. The van der Waals surface area contributed by atoms with Crippen molar-refractivity contribution in [3.05, 3.63) is 81.9 Å². The molecule has 4 rings (SSSR count). The number of carbonyl (C=O) groups excluding carboxylic acids is 1. The van der Waals surface area contributed by atoms with Gasteiger partial charge in [-0.1, -0.05) is 30.3 Å². The summed E-state index contributed by atoms with van der Waals surface area (Å²) in [6, 6.07) is 13.5. The van der Waals surface area contributed by atoms with E-state index in [-0.39, 0.29) is 18.2 Å². The van der Waals surface area contributed by atoms with E-state index in [1.807, 2.05) is 34.9 Å². The van der Waals surface area contributed by atoms with E-state index in [4.69, 9.17) is 4.74 Å². The predicted molar refractivity (Wildman–Crippen MR) is 92.0 cm³/mol. The first-order valence-corrected chi connectivity index (χ1v) is 8.19. The second-order valence-electron chi connectivity index (χ2n) is 6.23. The normalized spacial score (nSPS) is 13.8. The summed E-state index contributed by atoms with van der Waals surface area (Å²) in [4.78, 5) is 25.1. The Morgan fingerprint density at radius 1 is 1.16 bits per heavy atom. The fraction of sp³-hybridized carbons (Fsp3) is 0.200. The zero-order chi connectivity index (χ0) is 17.4. The molecule has 126 valence electrons. The quantitative estimate of drug-likeness (QED) is 0.680. The van der Waals surface area contributed by atoms with Crippen molar-refractivity contribution in [2.75, 3.05) is 0 Å². The Balaban J connectivity index is 1.71. The number of ether oxygens (including phenoxy) is 1. The number of rotatable bonds is 4. The second-order valence-corrected chi connectivity index (χ2v) is 6.23. The lowest BCUT2D eigenvalue weighted by Crippen LogP contribution is -2.20. The van der Waals surface area contributed by atoms with Crippen LogP contribution in [0.5, 0.6) is 0 Å². The van der Waals surface area contributed by atoms with Gasteiger partial charge in [0.25, 0.3) is 0 Å². The molecule has 25 heavy (non-hydrogen) atoms. The van der Waals surface area contributed by atoms with Crippen LogP contribution in [-0.4, -0.2) is 10.5 Å². The van der Waals surface area contributed by atoms with E-state index in [0.717, 1.165) is 18.4 Å². The maximum Gasteiger partial charge on any atom is 0.343 e. The highest BCUT2D eigenvalue weighted by atomic mass is 19.1. The van der Waals surface area contributed by atoms with E-state index < -0.39 is 17.2 Å². The molecular formula is C20H16FNO3. The van der Waals surface area contributed by atoms with Gasteiger partial charge in [0.15, 0.2) is 0 Å². The molecule has 0 unspecified atom stereocenters. The van der Waals surface area contributed by atoms with Crippen LogP contribution in [0.2, 0.25) is 0 Å². The van der Waals surface area contributed by atoms with Crippen molar-refractivity contribution >= 4 is 16.9 Å². The van der Waals surface area contributed by atoms with Crippen LogP contribution in [0.1, 0.15) is 34.8 Å². The second kappa shape index (κ2) is 6.16. The van der Waals surface area contributed by atoms with Gasteiger partial charge in [-0.15, -0.1) is 0 Å². The minimum Gasteiger partial charge on any atom is -0.457 e. The molecule has 0 amide bonds. The Morgan fingerprint density at radius 3 is 2.64 bits per heavy atom. The van der Waals surface area contributed by atoms with Crippen LogP contribution in [-0.2, 0) is 11.3 Å². The summed E-state index contributed by atoms with van der Waals surface area (Å²) in [5, 5.41) is 0.336. The largest absolute Gasteiger partial charge is 0.457 e. The van der Waals surface area contributed by atoms with Gasteiger partial charge in [0.05, 0.1) is 5.52 Å². The zero-order valence-electron chi connectivity index (χ0n) is 13.4. The van der Waals surface area contributed by atoms with Gasteiger partial charge in [0.1, 0.15) is 18.0 Å². The van der Waals surface area contributed by atoms with Gasteiger partial charge in [-0.25, -0.2) is 9.18 Å². The molecule has 1 aliphatic rings. The third-order valence-electron chi connectivity index (χ3n) is 4.37. The predicted octanol–water partition coefficient (Wildman–Crippen LogP) is 3.83. The van der Waals surface area contributed by atoms with Gasteiger partial charge in [0.2, 0.25) is 5.43 Å². The number of halogens is 1. The molecule has 4 nitrogen and oxygen atoms in total. The number of hydrogen-bond donors (Lipinski definition) is 0. The van der Waals surface area contributed by atoms with Gasteiger partial charge in [0, 0.05) is 17.6 Å². The summed E-state index contributed by atoms with van der Waals surface area (Å²) >= 11 is 0. The number of fused-ring (bicyclic) bond motifs is 1. The third-order valence-corrected chi connectivity index (χ3v) is 4.37. The first-order chi connectivity index (χ1) is 12.1. The number of aromatic nitrogens is 1. The van der Waals surface area contributed by atoms with Gasteiger partial charge >= 0.3 is 5.97 Å². The number of hydrogen-bond acceptors (Lipinski definition) is 3. The van der Waals surface area contributed by atoms with Crippen molar-refractivity contribution in [1.29, 1.82) is 0 Å². The van der Waals surface area contributed by atoms with Crippen molar-refractivity contribution in [3.63, 3.8) is 0 Å². The molecule has 1 heterocycles. The van der Waals surface area contributed by atoms with Crippen LogP contribution in [0.25, 0.3) is 10.9 Å².